The fourth-order valence-corrected chi connectivity index (χ4v) is 3.30. The summed E-state index contributed by atoms with van der Waals surface area (Å²) in [5.74, 6) is 0.644. The maximum atomic E-state index is 12.9. The van der Waals surface area contributed by atoms with Gasteiger partial charge in [-0.25, -0.2) is 4.79 Å². The Bertz CT molecular complexity index is 851. The van der Waals surface area contributed by atoms with Crippen LogP contribution in [0.25, 0.3) is 0 Å². The summed E-state index contributed by atoms with van der Waals surface area (Å²) < 4.78 is 5.61. The van der Waals surface area contributed by atoms with Crippen LogP contribution in [0.1, 0.15) is 37.8 Å². The van der Waals surface area contributed by atoms with Gasteiger partial charge in [0.25, 0.3) is 5.91 Å². The number of benzene rings is 2. The fourth-order valence-electron chi connectivity index (χ4n) is 3.11. The van der Waals surface area contributed by atoms with Crippen LogP contribution in [0.2, 0.25) is 5.02 Å². The normalized spacial score (nSPS) is 19.5. The van der Waals surface area contributed by atoms with Gasteiger partial charge in [-0.15, -0.1) is 0 Å². The van der Waals surface area contributed by atoms with Crippen LogP contribution < -0.4 is 10.1 Å². The van der Waals surface area contributed by atoms with Gasteiger partial charge in [-0.3, -0.25) is 9.69 Å². The number of carbonyl (C=O) groups is 2. The molecule has 0 radical (unpaired) electrons. The van der Waals surface area contributed by atoms with Gasteiger partial charge in [0.05, 0.1) is 11.6 Å². The van der Waals surface area contributed by atoms with Crippen molar-refractivity contribution >= 4 is 23.5 Å². The minimum atomic E-state index is -1.07. The maximum absolute atomic E-state index is 12.9. The molecule has 1 aliphatic rings. The Morgan fingerprint density at radius 3 is 2.41 bits per heavy atom. The molecule has 5 nitrogen and oxygen atoms in total. The molecular weight excluding hydrogens is 364 g/mol. The Morgan fingerprint density at radius 2 is 1.78 bits per heavy atom. The van der Waals surface area contributed by atoms with Crippen molar-refractivity contribution in [2.75, 3.05) is 13.2 Å². The number of halogens is 1. The standard InChI is InChI=1S/C21H23ClN2O3/c1-14(2)15-8-10-16(11-9-15)21(3)19(25)24(20(26)23-21)12-13-27-18-7-5-4-6-17(18)22/h4-11,14H,12-13H2,1-3H3,(H,23,26)/t21-/m1/s1. The Balaban J connectivity index is 1.69. The van der Waals surface area contributed by atoms with E-state index >= 15 is 0 Å². The molecule has 6 heteroatoms. The van der Waals surface area contributed by atoms with E-state index in [9.17, 15) is 9.59 Å². The van der Waals surface area contributed by atoms with E-state index in [-0.39, 0.29) is 19.1 Å². The highest BCUT2D eigenvalue weighted by Gasteiger charge is 2.48. The number of ether oxygens (including phenoxy) is 1. The topological polar surface area (TPSA) is 58.6 Å². The Morgan fingerprint density at radius 1 is 1.11 bits per heavy atom. The maximum Gasteiger partial charge on any atom is 0.325 e. The molecule has 1 atom stereocenters. The van der Waals surface area contributed by atoms with Gasteiger partial charge >= 0.3 is 6.03 Å². The summed E-state index contributed by atoms with van der Waals surface area (Å²) in [7, 11) is 0. The number of para-hydroxylation sites is 1. The molecule has 1 aliphatic heterocycles. The highest BCUT2D eigenvalue weighted by Crippen LogP contribution is 2.30. The molecule has 0 aliphatic carbocycles. The van der Waals surface area contributed by atoms with E-state index in [1.165, 1.54) is 10.5 Å². The minimum absolute atomic E-state index is 0.148. The largest absolute Gasteiger partial charge is 0.490 e. The molecule has 142 valence electrons. The molecule has 1 heterocycles. The molecule has 1 saturated heterocycles. The van der Waals surface area contributed by atoms with Gasteiger partial charge in [0.1, 0.15) is 17.9 Å². The van der Waals surface area contributed by atoms with E-state index in [0.717, 1.165) is 5.56 Å². The van der Waals surface area contributed by atoms with Crippen molar-refractivity contribution in [2.45, 2.75) is 32.2 Å². The van der Waals surface area contributed by atoms with Gasteiger partial charge in [-0.1, -0.05) is 61.8 Å². The number of amides is 3. The number of imide groups is 1. The summed E-state index contributed by atoms with van der Waals surface area (Å²) in [6.07, 6.45) is 0. The van der Waals surface area contributed by atoms with Crippen LogP contribution in [-0.4, -0.2) is 30.0 Å². The zero-order chi connectivity index (χ0) is 19.6. The van der Waals surface area contributed by atoms with Crippen LogP contribution in [0.15, 0.2) is 48.5 Å². The van der Waals surface area contributed by atoms with Crippen LogP contribution in [0, 0.1) is 0 Å². The SMILES string of the molecule is CC(C)c1ccc([C@@]2(C)NC(=O)N(CCOc3ccccc3Cl)C2=O)cc1. The first-order valence-corrected chi connectivity index (χ1v) is 9.32. The Kier molecular flexibility index (Phi) is 5.42. The van der Waals surface area contributed by atoms with Crippen LogP contribution in [0.4, 0.5) is 4.79 Å². The molecule has 0 spiro atoms. The first-order chi connectivity index (χ1) is 12.8. The van der Waals surface area contributed by atoms with E-state index in [2.05, 4.69) is 19.2 Å². The summed E-state index contributed by atoms with van der Waals surface area (Å²) in [6, 6.07) is 14.5. The summed E-state index contributed by atoms with van der Waals surface area (Å²) in [5.41, 5.74) is 0.876. The number of urea groups is 1. The number of hydrogen-bond acceptors (Lipinski definition) is 3. The Hall–Kier alpha value is -2.53. The van der Waals surface area contributed by atoms with Crippen molar-refractivity contribution in [3.05, 3.63) is 64.7 Å². The third-order valence-corrected chi connectivity index (χ3v) is 5.15. The number of rotatable bonds is 6. The number of carbonyl (C=O) groups excluding carboxylic acids is 2. The molecule has 3 amide bonds. The lowest BCUT2D eigenvalue weighted by atomic mass is 9.90. The Labute approximate surface area is 164 Å². The highest BCUT2D eigenvalue weighted by atomic mass is 35.5. The molecule has 1 N–H and O–H groups in total. The van der Waals surface area contributed by atoms with E-state index in [0.29, 0.717) is 16.7 Å². The minimum Gasteiger partial charge on any atom is -0.490 e. The first-order valence-electron chi connectivity index (χ1n) is 8.95. The summed E-state index contributed by atoms with van der Waals surface area (Å²) in [6.45, 7) is 6.27. The van der Waals surface area contributed by atoms with Crippen molar-refractivity contribution < 1.29 is 14.3 Å². The monoisotopic (exact) mass is 386 g/mol. The van der Waals surface area contributed by atoms with E-state index in [1.807, 2.05) is 36.4 Å². The van der Waals surface area contributed by atoms with Gasteiger partial charge in [-0.2, -0.15) is 0 Å². The van der Waals surface area contributed by atoms with Crippen molar-refractivity contribution in [1.29, 1.82) is 0 Å². The van der Waals surface area contributed by atoms with Gasteiger partial charge < -0.3 is 10.1 Å². The van der Waals surface area contributed by atoms with Gasteiger partial charge in [-0.05, 0) is 36.1 Å². The molecule has 0 aromatic heterocycles. The van der Waals surface area contributed by atoms with Crippen LogP contribution in [0.3, 0.4) is 0 Å². The third kappa shape index (κ3) is 3.78. The second-order valence-electron chi connectivity index (χ2n) is 7.07. The molecular formula is C21H23ClN2O3. The number of nitrogens with zero attached hydrogens (tertiary/aromatic N) is 1. The highest BCUT2D eigenvalue weighted by molar-refractivity contribution is 6.32. The second-order valence-corrected chi connectivity index (χ2v) is 7.47. The van der Waals surface area contributed by atoms with E-state index in [1.54, 1.807) is 19.1 Å². The molecule has 0 unspecified atom stereocenters. The smallest absolute Gasteiger partial charge is 0.325 e. The predicted octanol–water partition coefficient (Wildman–Crippen LogP) is 4.31. The van der Waals surface area contributed by atoms with Gasteiger partial charge in [0.2, 0.25) is 0 Å². The molecule has 0 saturated carbocycles. The second kappa shape index (κ2) is 7.61. The van der Waals surface area contributed by atoms with E-state index < -0.39 is 11.6 Å². The third-order valence-electron chi connectivity index (χ3n) is 4.84. The quantitative estimate of drug-likeness (QED) is 0.752. The lowest BCUT2D eigenvalue weighted by molar-refractivity contribution is -0.131. The molecule has 3 rings (SSSR count). The molecule has 27 heavy (non-hydrogen) atoms. The number of nitrogens with one attached hydrogen (secondary N) is 1. The van der Waals surface area contributed by atoms with Crippen LogP contribution in [0.5, 0.6) is 5.75 Å². The summed E-state index contributed by atoms with van der Waals surface area (Å²) in [4.78, 5) is 26.5. The molecule has 2 aromatic carbocycles. The van der Waals surface area contributed by atoms with Crippen LogP contribution in [-0.2, 0) is 10.3 Å². The van der Waals surface area contributed by atoms with Gasteiger partial charge in [0.15, 0.2) is 0 Å². The van der Waals surface area contributed by atoms with Crippen molar-refractivity contribution in [2.24, 2.45) is 0 Å². The fraction of sp³-hybridized carbons (Fsp3) is 0.333. The molecule has 0 bridgehead atoms. The van der Waals surface area contributed by atoms with Crippen molar-refractivity contribution in [1.82, 2.24) is 10.2 Å². The van der Waals surface area contributed by atoms with E-state index in [4.69, 9.17) is 16.3 Å². The molecule has 1 fully saturated rings. The zero-order valence-electron chi connectivity index (χ0n) is 15.7. The average molecular weight is 387 g/mol. The predicted molar refractivity (Wildman–Crippen MR) is 105 cm³/mol. The number of hydrogen-bond donors (Lipinski definition) is 1. The van der Waals surface area contributed by atoms with Crippen molar-refractivity contribution in [3.8, 4) is 5.75 Å². The van der Waals surface area contributed by atoms with Crippen molar-refractivity contribution in [3.63, 3.8) is 0 Å². The molecule has 2 aromatic rings. The summed E-state index contributed by atoms with van der Waals surface area (Å²) in [5, 5.41) is 3.30. The first kappa shape index (κ1) is 19.2. The lowest BCUT2D eigenvalue weighted by Gasteiger charge is -2.23. The lowest BCUT2D eigenvalue weighted by Crippen LogP contribution is -2.41. The van der Waals surface area contributed by atoms with Gasteiger partial charge in [0, 0.05) is 0 Å². The average Bonchev–Trinajstić information content (AvgIpc) is 2.87. The summed E-state index contributed by atoms with van der Waals surface area (Å²) >= 11 is 6.05. The zero-order valence-corrected chi connectivity index (χ0v) is 16.4. The van der Waals surface area contributed by atoms with Crippen LogP contribution >= 0.6 is 11.6 Å².